The van der Waals surface area contributed by atoms with Crippen LogP contribution < -0.4 is 15.8 Å². The molecule has 0 saturated carbocycles. The third-order valence-corrected chi connectivity index (χ3v) is 4.69. The maximum atomic E-state index is 6.60. The molecule has 0 fully saturated rings. The molecule has 1 heterocycles. The summed E-state index contributed by atoms with van der Waals surface area (Å²) in [5.41, 5.74) is 2.67. The van der Waals surface area contributed by atoms with Crippen LogP contribution in [0.5, 0.6) is 0 Å². The maximum Gasteiger partial charge on any atom is 0.0722 e. The lowest BCUT2D eigenvalue weighted by molar-refractivity contribution is 1.41. The van der Waals surface area contributed by atoms with Gasteiger partial charge < -0.3 is 5.32 Å². The summed E-state index contributed by atoms with van der Waals surface area (Å²) in [5, 5.41) is 8.82. The second-order valence-corrected chi connectivity index (χ2v) is 6.07. The third kappa shape index (κ3) is 2.24. The van der Waals surface area contributed by atoms with E-state index in [4.69, 9.17) is 11.6 Å². The quantitative estimate of drug-likeness (QED) is 0.580. The number of pyridine rings is 1. The number of halogens is 1. The number of fused-ring (bicyclic) bond motifs is 2. The summed E-state index contributed by atoms with van der Waals surface area (Å²) in [7, 11) is 0. The van der Waals surface area contributed by atoms with Crippen LogP contribution in [0.1, 0.15) is 0 Å². The minimum absolute atomic E-state index is 0.597. The summed E-state index contributed by atoms with van der Waals surface area (Å²) in [6.45, 7) is 8.38. The third-order valence-electron chi connectivity index (χ3n) is 4.27. The monoisotopic (exact) mass is 330 g/mol. The number of anilines is 2. The van der Waals surface area contributed by atoms with Gasteiger partial charge in [0.05, 0.1) is 16.2 Å². The Balaban J connectivity index is 1.98. The Morgan fingerprint density at radius 1 is 0.792 bits per heavy atom. The van der Waals surface area contributed by atoms with Gasteiger partial charge >= 0.3 is 0 Å². The van der Waals surface area contributed by atoms with Gasteiger partial charge in [-0.05, 0) is 40.3 Å². The number of hydrogen-bond donors (Lipinski definition) is 1. The first-order valence-corrected chi connectivity index (χ1v) is 8.03. The molecule has 0 radical (unpaired) electrons. The molecular weight excluding hydrogens is 316 g/mol. The highest BCUT2D eigenvalue weighted by Gasteiger charge is 2.10. The van der Waals surface area contributed by atoms with Crippen LogP contribution in [-0.2, 0) is 0 Å². The SMILES string of the molecule is C=c1c(Cl)c(Nc2cccc3ncccc23)c(=C)c2ccccc12. The standard InChI is InChI=1S/C21H15ClN2/c1-13-15-7-3-4-8-16(15)14(2)21(20(13)22)24-19-11-5-10-18-17(19)9-6-12-23-18/h3-12,24H,1-2H2. The smallest absolute Gasteiger partial charge is 0.0722 e. The van der Waals surface area contributed by atoms with Gasteiger partial charge in [-0.3, -0.25) is 4.98 Å². The lowest BCUT2D eigenvalue weighted by Crippen LogP contribution is -2.16. The van der Waals surface area contributed by atoms with Crippen LogP contribution in [0.4, 0.5) is 11.4 Å². The van der Waals surface area contributed by atoms with Crippen LogP contribution in [0.2, 0.25) is 5.02 Å². The van der Waals surface area contributed by atoms with E-state index in [1.165, 1.54) is 0 Å². The highest BCUT2D eigenvalue weighted by Crippen LogP contribution is 2.27. The molecule has 2 nitrogen and oxygen atoms in total. The van der Waals surface area contributed by atoms with Gasteiger partial charge in [-0.2, -0.15) is 0 Å². The lowest BCUT2D eigenvalue weighted by atomic mass is 10.0. The number of hydrogen-bond acceptors (Lipinski definition) is 2. The average Bonchev–Trinajstić information content (AvgIpc) is 2.63. The number of aromatic nitrogens is 1. The zero-order valence-electron chi connectivity index (χ0n) is 13.0. The van der Waals surface area contributed by atoms with E-state index in [2.05, 4.69) is 23.5 Å². The van der Waals surface area contributed by atoms with E-state index in [-0.39, 0.29) is 0 Å². The van der Waals surface area contributed by atoms with Crippen molar-refractivity contribution in [3.63, 3.8) is 0 Å². The van der Waals surface area contributed by atoms with E-state index in [1.54, 1.807) is 6.20 Å². The summed E-state index contributed by atoms with van der Waals surface area (Å²) in [6.07, 6.45) is 1.79. The van der Waals surface area contributed by atoms with Crippen LogP contribution in [-0.4, -0.2) is 4.98 Å². The molecule has 0 saturated heterocycles. The number of rotatable bonds is 2. The summed E-state index contributed by atoms with van der Waals surface area (Å²) in [6, 6.07) is 18.0. The highest BCUT2D eigenvalue weighted by molar-refractivity contribution is 6.34. The largest absolute Gasteiger partial charge is 0.353 e. The van der Waals surface area contributed by atoms with Crippen molar-refractivity contribution < 1.29 is 0 Å². The van der Waals surface area contributed by atoms with Crippen molar-refractivity contribution in [2.75, 3.05) is 5.32 Å². The fourth-order valence-corrected chi connectivity index (χ4v) is 3.29. The van der Waals surface area contributed by atoms with E-state index in [0.717, 1.165) is 43.5 Å². The molecule has 0 amide bonds. The molecule has 0 aliphatic carbocycles. The highest BCUT2D eigenvalue weighted by atomic mass is 35.5. The Kier molecular flexibility index (Phi) is 3.47. The van der Waals surface area contributed by atoms with Gasteiger partial charge in [0.25, 0.3) is 0 Å². The molecule has 0 aliphatic rings. The molecule has 3 heteroatoms. The van der Waals surface area contributed by atoms with Crippen LogP contribution in [0.25, 0.3) is 34.8 Å². The number of benzene rings is 3. The van der Waals surface area contributed by atoms with Crippen molar-refractivity contribution in [2.24, 2.45) is 0 Å². The van der Waals surface area contributed by atoms with E-state index < -0.39 is 0 Å². The summed E-state index contributed by atoms with van der Waals surface area (Å²) in [5.74, 6) is 0. The van der Waals surface area contributed by atoms with Gasteiger partial charge in [0.15, 0.2) is 0 Å². The first-order valence-electron chi connectivity index (χ1n) is 7.65. The molecule has 116 valence electrons. The fourth-order valence-electron chi connectivity index (χ4n) is 3.02. The number of nitrogens with zero attached hydrogens (tertiary/aromatic N) is 1. The zero-order chi connectivity index (χ0) is 16.7. The molecule has 0 aliphatic heterocycles. The zero-order valence-corrected chi connectivity index (χ0v) is 13.8. The van der Waals surface area contributed by atoms with E-state index in [1.807, 2.05) is 54.6 Å². The lowest BCUT2D eigenvalue weighted by Gasteiger charge is -2.14. The Morgan fingerprint density at radius 3 is 2.29 bits per heavy atom. The van der Waals surface area contributed by atoms with Crippen molar-refractivity contribution in [3.05, 3.63) is 76.3 Å². The van der Waals surface area contributed by atoms with E-state index in [0.29, 0.717) is 5.02 Å². The first kappa shape index (κ1) is 14.7. The van der Waals surface area contributed by atoms with Crippen molar-refractivity contribution >= 4 is 57.8 Å². The molecule has 0 bridgehead atoms. The molecule has 1 N–H and O–H groups in total. The second-order valence-electron chi connectivity index (χ2n) is 5.69. The summed E-state index contributed by atoms with van der Waals surface area (Å²) >= 11 is 6.60. The van der Waals surface area contributed by atoms with Crippen LogP contribution in [0.15, 0.2) is 60.8 Å². The van der Waals surface area contributed by atoms with Gasteiger partial charge in [0, 0.05) is 22.5 Å². The normalized spacial score (nSPS) is 11.0. The Bertz CT molecular complexity index is 1180. The predicted octanol–water partition coefficient (Wildman–Crippen LogP) is 4.61. The maximum absolute atomic E-state index is 6.60. The molecule has 1 aromatic heterocycles. The number of nitrogens with one attached hydrogen (secondary N) is 1. The first-order chi connectivity index (χ1) is 11.7. The fraction of sp³-hybridized carbons (Fsp3) is 0. The molecule has 0 atom stereocenters. The van der Waals surface area contributed by atoms with Gasteiger partial charge in [-0.25, -0.2) is 0 Å². The van der Waals surface area contributed by atoms with Crippen molar-refractivity contribution in [1.82, 2.24) is 4.98 Å². The molecule has 4 aromatic rings. The van der Waals surface area contributed by atoms with Crippen LogP contribution in [0, 0.1) is 0 Å². The second kappa shape index (κ2) is 5.66. The molecule has 0 spiro atoms. The van der Waals surface area contributed by atoms with Crippen molar-refractivity contribution in [3.8, 4) is 0 Å². The molecular formula is C21H15ClN2. The van der Waals surface area contributed by atoms with Crippen molar-refractivity contribution in [1.29, 1.82) is 0 Å². The van der Waals surface area contributed by atoms with Crippen LogP contribution >= 0.6 is 11.6 Å². The molecule has 4 rings (SSSR count). The summed E-state index contributed by atoms with van der Waals surface area (Å²) in [4.78, 5) is 4.39. The molecule has 24 heavy (non-hydrogen) atoms. The van der Waals surface area contributed by atoms with Crippen molar-refractivity contribution in [2.45, 2.75) is 0 Å². The van der Waals surface area contributed by atoms with Gasteiger partial charge in [0.1, 0.15) is 0 Å². The minimum atomic E-state index is 0.597. The Labute approximate surface area is 144 Å². The van der Waals surface area contributed by atoms with Gasteiger partial charge in [0.2, 0.25) is 0 Å². The van der Waals surface area contributed by atoms with Crippen LogP contribution in [0.3, 0.4) is 0 Å². The predicted molar refractivity (Wildman–Crippen MR) is 104 cm³/mol. The topological polar surface area (TPSA) is 24.9 Å². The summed E-state index contributed by atoms with van der Waals surface area (Å²) < 4.78 is 0. The van der Waals surface area contributed by atoms with E-state index >= 15 is 0 Å². The Morgan fingerprint density at radius 2 is 1.50 bits per heavy atom. The van der Waals surface area contributed by atoms with E-state index in [9.17, 15) is 0 Å². The molecule has 0 unspecified atom stereocenters. The average molecular weight is 331 g/mol. The van der Waals surface area contributed by atoms with Gasteiger partial charge in [-0.1, -0.05) is 55.1 Å². The minimum Gasteiger partial charge on any atom is -0.353 e. The van der Waals surface area contributed by atoms with Gasteiger partial charge in [-0.15, -0.1) is 0 Å². The Hall–Kier alpha value is -2.84. The molecule has 3 aromatic carbocycles.